The normalized spacial score (nSPS) is 23.0. The van der Waals surface area contributed by atoms with Gasteiger partial charge in [0.15, 0.2) is 0 Å². The van der Waals surface area contributed by atoms with Gasteiger partial charge in [0.1, 0.15) is 18.1 Å². The molecule has 0 aromatic heterocycles. The second-order valence-corrected chi connectivity index (χ2v) is 5.09. The van der Waals surface area contributed by atoms with E-state index in [1.165, 1.54) is 0 Å². The van der Waals surface area contributed by atoms with Crippen molar-refractivity contribution in [2.75, 3.05) is 32.8 Å². The van der Waals surface area contributed by atoms with E-state index in [1.807, 2.05) is 11.0 Å². The lowest BCUT2D eigenvalue weighted by Crippen LogP contribution is -2.49. The Morgan fingerprint density at radius 3 is 2.74 bits per heavy atom. The number of fused-ring (bicyclic) bond motifs is 1. The summed E-state index contributed by atoms with van der Waals surface area (Å²) >= 11 is 0. The van der Waals surface area contributed by atoms with Crippen molar-refractivity contribution < 1.29 is 14.6 Å². The Kier molecular flexibility index (Phi) is 3.06. The predicted octanol–water partition coefficient (Wildman–Crippen LogP) is 0.990. The number of hydrogen-bond donors (Lipinski definition) is 1. The fraction of sp³-hybridized carbons (Fsp3) is 0.500. The Morgan fingerprint density at radius 2 is 2.05 bits per heavy atom. The molecule has 5 nitrogen and oxygen atoms in total. The summed E-state index contributed by atoms with van der Waals surface area (Å²) < 4.78 is 5.64. The average Bonchev–Trinajstić information content (AvgIpc) is 2.81. The van der Waals surface area contributed by atoms with Crippen LogP contribution in [0, 0.1) is 0 Å². The number of phenols is 1. The molecule has 0 aliphatic carbocycles. The SMILES string of the molecule is CC(=O)N1CCN(C2COc3cc(O)ccc32)CC1. The van der Waals surface area contributed by atoms with E-state index in [0.717, 1.165) is 37.5 Å². The molecule has 2 aliphatic heterocycles. The molecule has 5 heteroatoms. The molecular formula is C14H18N2O3. The molecule has 2 heterocycles. The fourth-order valence-electron chi connectivity index (χ4n) is 2.83. The first-order valence-corrected chi connectivity index (χ1v) is 6.60. The van der Waals surface area contributed by atoms with E-state index in [1.54, 1.807) is 19.1 Å². The molecule has 102 valence electrons. The first-order chi connectivity index (χ1) is 9.15. The van der Waals surface area contributed by atoms with Crippen LogP contribution >= 0.6 is 0 Å². The van der Waals surface area contributed by atoms with Crippen molar-refractivity contribution in [2.24, 2.45) is 0 Å². The molecular weight excluding hydrogens is 244 g/mol. The van der Waals surface area contributed by atoms with Crippen molar-refractivity contribution in [3.8, 4) is 11.5 Å². The number of rotatable bonds is 1. The van der Waals surface area contributed by atoms with Crippen LogP contribution in [0.5, 0.6) is 11.5 Å². The van der Waals surface area contributed by atoms with Gasteiger partial charge in [-0.2, -0.15) is 0 Å². The maximum atomic E-state index is 11.3. The number of carbonyl (C=O) groups is 1. The summed E-state index contributed by atoms with van der Waals surface area (Å²) in [6.45, 7) is 5.53. The van der Waals surface area contributed by atoms with E-state index in [-0.39, 0.29) is 17.7 Å². The van der Waals surface area contributed by atoms with Crippen molar-refractivity contribution >= 4 is 5.91 Å². The van der Waals surface area contributed by atoms with Gasteiger partial charge in [0.05, 0.1) is 6.04 Å². The highest BCUT2D eigenvalue weighted by Gasteiger charge is 2.32. The van der Waals surface area contributed by atoms with E-state index in [0.29, 0.717) is 6.61 Å². The van der Waals surface area contributed by atoms with Crippen molar-refractivity contribution in [2.45, 2.75) is 13.0 Å². The highest BCUT2D eigenvalue weighted by molar-refractivity contribution is 5.73. The maximum absolute atomic E-state index is 11.3. The predicted molar refractivity (Wildman–Crippen MR) is 70.2 cm³/mol. The smallest absolute Gasteiger partial charge is 0.219 e. The van der Waals surface area contributed by atoms with Crippen LogP contribution in [0.3, 0.4) is 0 Å². The molecule has 3 rings (SSSR count). The zero-order valence-electron chi connectivity index (χ0n) is 11.0. The van der Waals surface area contributed by atoms with Crippen molar-refractivity contribution in [3.05, 3.63) is 23.8 Å². The highest BCUT2D eigenvalue weighted by atomic mass is 16.5. The van der Waals surface area contributed by atoms with Crippen molar-refractivity contribution in [1.82, 2.24) is 9.80 Å². The summed E-state index contributed by atoms with van der Waals surface area (Å²) in [5, 5.41) is 9.45. The van der Waals surface area contributed by atoms with Gasteiger partial charge in [-0.1, -0.05) is 0 Å². The number of amides is 1. The monoisotopic (exact) mass is 262 g/mol. The van der Waals surface area contributed by atoms with Crippen molar-refractivity contribution in [1.29, 1.82) is 0 Å². The summed E-state index contributed by atoms with van der Waals surface area (Å²) in [5.41, 5.74) is 1.13. The molecule has 0 radical (unpaired) electrons. The second kappa shape index (κ2) is 4.74. The Balaban J connectivity index is 1.71. The third-order valence-electron chi connectivity index (χ3n) is 3.95. The second-order valence-electron chi connectivity index (χ2n) is 5.09. The lowest BCUT2D eigenvalue weighted by Gasteiger charge is -2.37. The fourth-order valence-corrected chi connectivity index (χ4v) is 2.83. The molecule has 0 spiro atoms. The number of piperazine rings is 1. The molecule has 1 unspecified atom stereocenters. The number of nitrogens with zero attached hydrogens (tertiary/aromatic N) is 2. The van der Waals surface area contributed by atoms with Crippen LogP contribution in [0.4, 0.5) is 0 Å². The van der Waals surface area contributed by atoms with Crippen LogP contribution in [-0.4, -0.2) is 53.6 Å². The Hall–Kier alpha value is -1.75. The number of phenolic OH excluding ortho intramolecular Hbond substituents is 1. The minimum Gasteiger partial charge on any atom is -0.508 e. The van der Waals surface area contributed by atoms with Gasteiger partial charge in [-0.05, 0) is 12.1 Å². The van der Waals surface area contributed by atoms with E-state index < -0.39 is 0 Å². The first-order valence-electron chi connectivity index (χ1n) is 6.60. The first kappa shape index (κ1) is 12.3. The molecule has 1 saturated heterocycles. The van der Waals surface area contributed by atoms with E-state index in [9.17, 15) is 9.90 Å². The number of aromatic hydroxyl groups is 1. The van der Waals surface area contributed by atoms with Gasteiger partial charge in [-0.3, -0.25) is 9.69 Å². The van der Waals surface area contributed by atoms with Crippen LogP contribution in [0.1, 0.15) is 18.5 Å². The molecule has 1 aromatic rings. The minimum atomic E-state index is 0.146. The summed E-state index contributed by atoms with van der Waals surface area (Å²) in [5.74, 6) is 1.16. The molecule has 1 atom stereocenters. The van der Waals surface area contributed by atoms with Gasteiger partial charge in [0, 0.05) is 44.7 Å². The maximum Gasteiger partial charge on any atom is 0.219 e. The number of carbonyl (C=O) groups excluding carboxylic acids is 1. The van der Waals surface area contributed by atoms with Gasteiger partial charge < -0.3 is 14.7 Å². The molecule has 1 fully saturated rings. The van der Waals surface area contributed by atoms with Gasteiger partial charge in [0.2, 0.25) is 5.91 Å². The molecule has 1 N–H and O–H groups in total. The lowest BCUT2D eigenvalue weighted by atomic mass is 10.1. The van der Waals surface area contributed by atoms with Crippen molar-refractivity contribution in [3.63, 3.8) is 0 Å². The van der Waals surface area contributed by atoms with E-state index in [2.05, 4.69) is 4.90 Å². The van der Waals surface area contributed by atoms with Gasteiger partial charge >= 0.3 is 0 Å². The molecule has 2 aliphatic rings. The molecule has 19 heavy (non-hydrogen) atoms. The third-order valence-corrected chi connectivity index (χ3v) is 3.95. The van der Waals surface area contributed by atoms with Crippen LogP contribution in [0.2, 0.25) is 0 Å². The summed E-state index contributed by atoms with van der Waals surface area (Å²) in [6.07, 6.45) is 0. The van der Waals surface area contributed by atoms with Gasteiger partial charge in [0.25, 0.3) is 0 Å². The Labute approximate surface area is 112 Å². The number of ether oxygens (including phenoxy) is 1. The zero-order chi connectivity index (χ0) is 13.4. The summed E-state index contributed by atoms with van der Waals surface area (Å²) in [7, 11) is 0. The molecule has 1 amide bonds. The zero-order valence-corrected chi connectivity index (χ0v) is 11.0. The highest BCUT2D eigenvalue weighted by Crippen LogP contribution is 2.38. The summed E-state index contributed by atoms with van der Waals surface area (Å²) in [4.78, 5) is 15.5. The number of hydrogen-bond acceptors (Lipinski definition) is 4. The average molecular weight is 262 g/mol. The largest absolute Gasteiger partial charge is 0.508 e. The Bertz CT molecular complexity index is 495. The van der Waals surface area contributed by atoms with Crippen LogP contribution in [0.25, 0.3) is 0 Å². The van der Waals surface area contributed by atoms with Crippen LogP contribution in [0.15, 0.2) is 18.2 Å². The lowest BCUT2D eigenvalue weighted by molar-refractivity contribution is -0.130. The molecule has 0 saturated carbocycles. The number of benzene rings is 1. The Morgan fingerprint density at radius 1 is 1.32 bits per heavy atom. The van der Waals surface area contributed by atoms with E-state index in [4.69, 9.17) is 4.74 Å². The van der Waals surface area contributed by atoms with Gasteiger partial charge in [-0.25, -0.2) is 0 Å². The third kappa shape index (κ3) is 2.26. The standard InChI is InChI=1S/C14H18N2O3/c1-10(17)15-4-6-16(7-5-15)13-9-19-14-8-11(18)2-3-12(13)14/h2-3,8,13,18H,4-7,9H2,1H3. The summed E-state index contributed by atoms with van der Waals surface area (Å²) in [6, 6.07) is 5.54. The quantitative estimate of drug-likeness (QED) is 0.820. The molecule has 1 aromatic carbocycles. The van der Waals surface area contributed by atoms with E-state index >= 15 is 0 Å². The van der Waals surface area contributed by atoms with Crippen LogP contribution in [-0.2, 0) is 4.79 Å². The minimum absolute atomic E-state index is 0.146. The molecule has 0 bridgehead atoms. The van der Waals surface area contributed by atoms with Crippen LogP contribution < -0.4 is 4.74 Å². The topological polar surface area (TPSA) is 53.0 Å². The van der Waals surface area contributed by atoms with Gasteiger partial charge in [-0.15, -0.1) is 0 Å².